The molecule has 0 radical (unpaired) electrons. The first-order chi connectivity index (χ1) is 9.29. The average molecular weight is 362 g/mol. The van der Waals surface area contributed by atoms with Crippen molar-refractivity contribution in [2.75, 3.05) is 11.9 Å². The van der Waals surface area contributed by atoms with Crippen molar-refractivity contribution in [1.82, 2.24) is 5.32 Å². The van der Waals surface area contributed by atoms with Gasteiger partial charge in [-0.3, -0.25) is 4.79 Å². The van der Waals surface area contributed by atoms with Crippen LogP contribution in [0.2, 0.25) is 0 Å². The standard InChI is InChI=1S/C12H16BrN3O3S/c1-7-9(4-5-15-7)12(17)16-11-3-2-8(6-10(11)13)20(14,18)19/h2-3,6-7,9,15H,4-5H2,1H3,(H,16,17)(H2,14,18,19). The number of halogens is 1. The first-order valence-electron chi connectivity index (χ1n) is 6.15. The smallest absolute Gasteiger partial charge is 0.238 e. The van der Waals surface area contributed by atoms with Crippen molar-refractivity contribution in [3.05, 3.63) is 22.7 Å². The van der Waals surface area contributed by atoms with E-state index in [1.54, 1.807) is 0 Å². The van der Waals surface area contributed by atoms with Gasteiger partial charge in [0.15, 0.2) is 0 Å². The molecule has 1 aliphatic heterocycles. The minimum atomic E-state index is -3.75. The van der Waals surface area contributed by atoms with Crippen LogP contribution in [0.15, 0.2) is 27.6 Å². The molecule has 1 aromatic carbocycles. The molecule has 6 nitrogen and oxygen atoms in total. The zero-order valence-electron chi connectivity index (χ0n) is 10.9. The van der Waals surface area contributed by atoms with Crippen LogP contribution < -0.4 is 15.8 Å². The molecule has 1 heterocycles. The summed E-state index contributed by atoms with van der Waals surface area (Å²) in [7, 11) is -3.75. The summed E-state index contributed by atoms with van der Waals surface area (Å²) in [5, 5.41) is 11.1. The highest BCUT2D eigenvalue weighted by Crippen LogP contribution is 2.27. The van der Waals surface area contributed by atoms with Crippen LogP contribution in [-0.4, -0.2) is 26.9 Å². The fraction of sp³-hybridized carbons (Fsp3) is 0.417. The lowest BCUT2D eigenvalue weighted by atomic mass is 10.0. The third-order valence-corrected chi connectivity index (χ3v) is 4.96. The van der Waals surface area contributed by atoms with Gasteiger partial charge in [-0.15, -0.1) is 0 Å². The normalized spacial score (nSPS) is 22.8. The molecule has 0 aromatic heterocycles. The largest absolute Gasteiger partial charge is 0.325 e. The minimum absolute atomic E-state index is 0.00160. The van der Waals surface area contributed by atoms with Gasteiger partial charge < -0.3 is 10.6 Å². The molecule has 0 aliphatic carbocycles. The third-order valence-electron chi connectivity index (χ3n) is 3.39. The quantitative estimate of drug-likeness (QED) is 0.748. The number of hydrogen-bond acceptors (Lipinski definition) is 4. The number of benzene rings is 1. The first-order valence-corrected chi connectivity index (χ1v) is 8.49. The van der Waals surface area contributed by atoms with Crippen LogP contribution in [0.4, 0.5) is 5.69 Å². The lowest BCUT2D eigenvalue weighted by molar-refractivity contribution is -0.120. The Kier molecular flexibility index (Phi) is 4.48. The molecule has 2 atom stereocenters. The van der Waals surface area contributed by atoms with Crippen molar-refractivity contribution in [2.45, 2.75) is 24.3 Å². The number of sulfonamides is 1. The molecule has 4 N–H and O–H groups in total. The van der Waals surface area contributed by atoms with Gasteiger partial charge in [0.2, 0.25) is 15.9 Å². The topological polar surface area (TPSA) is 101 Å². The van der Waals surface area contributed by atoms with E-state index in [1.807, 2.05) is 6.92 Å². The summed E-state index contributed by atoms with van der Waals surface area (Å²) in [6.45, 7) is 2.79. The van der Waals surface area contributed by atoms with E-state index in [9.17, 15) is 13.2 Å². The van der Waals surface area contributed by atoms with Gasteiger partial charge in [-0.25, -0.2) is 13.6 Å². The van der Waals surface area contributed by atoms with Crippen LogP contribution in [0.1, 0.15) is 13.3 Å². The SMILES string of the molecule is CC1NCCC1C(=O)Nc1ccc(S(N)(=O)=O)cc1Br. The van der Waals surface area contributed by atoms with E-state index in [-0.39, 0.29) is 22.8 Å². The Morgan fingerprint density at radius 3 is 2.70 bits per heavy atom. The first kappa shape index (κ1) is 15.4. The molecule has 1 fully saturated rings. The highest BCUT2D eigenvalue weighted by molar-refractivity contribution is 9.10. The molecule has 1 aliphatic rings. The number of carbonyl (C=O) groups excluding carboxylic acids is 1. The number of hydrogen-bond donors (Lipinski definition) is 3. The van der Waals surface area contributed by atoms with Crippen LogP contribution in [-0.2, 0) is 14.8 Å². The van der Waals surface area contributed by atoms with Crippen LogP contribution >= 0.6 is 15.9 Å². The van der Waals surface area contributed by atoms with Gasteiger partial charge in [0.25, 0.3) is 0 Å². The van der Waals surface area contributed by atoms with Crippen molar-refractivity contribution in [3.63, 3.8) is 0 Å². The lowest BCUT2D eigenvalue weighted by Gasteiger charge is -2.16. The maximum Gasteiger partial charge on any atom is 0.238 e. The van der Waals surface area contributed by atoms with Crippen molar-refractivity contribution in [2.24, 2.45) is 11.1 Å². The number of anilines is 1. The van der Waals surface area contributed by atoms with Crippen molar-refractivity contribution >= 4 is 37.5 Å². The number of amides is 1. The second-order valence-corrected chi connectivity index (χ2v) is 7.23. The Morgan fingerprint density at radius 1 is 1.50 bits per heavy atom. The number of nitrogens with one attached hydrogen (secondary N) is 2. The second-order valence-electron chi connectivity index (χ2n) is 4.81. The van der Waals surface area contributed by atoms with E-state index in [4.69, 9.17) is 5.14 Å². The minimum Gasteiger partial charge on any atom is -0.325 e. The highest BCUT2D eigenvalue weighted by Gasteiger charge is 2.29. The molecule has 1 amide bonds. The summed E-state index contributed by atoms with van der Waals surface area (Å²) in [6, 6.07) is 4.40. The second kappa shape index (κ2) is 5.80. The van der Waals surface area contributed by atoms with Crippen molar-refractivity contribution in [3.8, 4) is 0 Å². The number of rotatable bonds is 3. The molecule has 2 unspecified atom stereocenters. The molecule has 2 rings (SSSR count). The van der Waals surface area contributed by atoms with E-state index in [1.165, 1.54) is 18.2 Å². The van der Waals surface area contributed by atoms with Gasteiger partial charge in [-0.2, -0.15) is 0 Å². The molecule has 8 heteroatoms. The van der Waals surface area contributed by atoms with Crippen LogP contribution in [0.3, 0.4) is 0 Å². The molecule has 110 valence electrons. The maximum absolute atomic E-state index is 12.1. The Balaban J connectivity index is 2.16. The van der Waals surface area contributed by atoms with E-state index >= 15 is 0 Å². The van der Waals surface area contributed by atoms with Gasteiger partial charge in [-0.05, 0) is 54.0 Å². The zero-order valence-corrected chi connectivity index (χ0v) is 13.3. The fourth-order valence-electron chi connectivity index (χ4n) is 2.22. The van der Waals surface area contributed by atoms with Crippen molar-refractivity contribution in [1.29, 1.82) is 0 Å². The number of primary sulfonamides is 1. The number of nitrogens with two attached hydrogens (primary N) is 1. The fourth-order valence-corrected chi connectivity index (χ4v) is 3.39. The van der Waals surface area contributed by atoms with E-state index < -0.39 is 10.0 Å². The summed E-state index contributed by atoms with van der Waals surface area (Å²) < 4.78 is 22.9. The number of carbonyl (C=O) groups is 1. The van der Waals surface area contributed by atoms with Gasteiger partial charge in [0.05, 0.1) is 16.5 Å². The molecular weight excluding hydrogens is 346 g/mol. The summed E-state index contributed by atoms with van der Waals surface area (Å²) in [5.74, 6) is -0.161. The van der Waals surface area contributed by atoms with E-state index in [2.05, 4.69) is 26.6 Å². The van der Waals surface area contributed by atoms with E-state index in [0.29, 0.717) is 10.2 Å². The Hall–Kier alpha value is -0.960. The molecule has 0 saturated carbocycles. The van der Waals surface area contributed by atoms with Gasteiger partial charge in [0.1, 0.15) is 0 Å². The molecular formula is C12H16BrN3O3S. The zero-order chi connectivity index (χ0) is 14.9. The molecule has 0 bridgehead atoms. The van der Waals surface area contributed by atoms with Crippen LogP contribution in [0.25, 0.3) is 0 Å². The predicted molar refractivity (Wildman–Crippen MR) is 79.7 cm³/mol. The highest BCUT2D eigenvalue weighted by atomic mass is 79.9. The summed E-state index contributed by atoms with van der Waals surface area (Å²) in [5.41, 5.74) is 0.529. The van der Waals surface area contributed by atoms with Crippen molar-refractivity contribution < 1.29 is 13.2 Å². The summed E-state index contributed by atoms with van der Waals surface area (Å²) in [4.78, 5) is 12.1. The monoisotopic (exact) mass is 361 g/mol. The Labute approximate surface area is 126 Å². The molecule has 20 heavy (non-hydrogen) atoms. The van der Waals surface area contributed by atoms with Crippen LogP contribution in [0, 0.1) is 5.92 Å². The molecule has 1 aromatic rings. The predicted octanol–water partition coefficient (Wildman–Crippen LogP) is 1.03. The Bertz CT molecular complexity index is 633. The third kappa shape index (κ3) is 3.38. The average Bonchev–Trinajstić information content (AvgIpc) is 2.76. The lowest BCUT2D eigenvalue weighted by Crippen LogP contribution is -2.32. The van der Waals surface area contributed by atoms with Crippen LogP contribution in [0.5, 0.6) is 0 Å². The maximum atomic E-state index is 12.1. The molecule has 1 saturated heterocycles. The summed E-state index contributed by atoms with van der Waals surface area (Å²) >= 11 is 3.24. The van der Waals surface area contributed by atoms with Gasteiger partial charge in [0, 0.05) is 10.5 Å². The van der Waals surface area contributed by atoms with Gasteiger partial charge in [-0.1, -0.05) is 0 Å². The summed E-state index contributed by atoms with van der Waals surface area (Å²) in [6.07, 6.45) is 0.792. The van der Waals surface area contributed by atoms with E-state index in [0.717, 1.165) is 13.0 Å². The Morgan fingerprint density at radius 2 is 2.20 bits per heavy atom. The van der Waals surface area contributed by atoms with Gasteiger partial charge >= 0.3 is 0 Å². The molecule has 0 spiro atoms.